The molecule has 5 aromatic rings. The van der Waals surface area contributed by atoms with Gasteiger partial charge in [-0.05, 0) is 71.0 Å². The molecule has 1 atom stereocenters. The average Bonchev–Trinajstić information content (AvgIpc) is 4.11. The number of imidazole rings is 2. The molecule has 0 bridgehead atoms. The van der Waals surface area contributed by atoms with Crippen LogP contribution in [0.15, 0.2) is 54.3 Å². The van der Waals surface area contributed by atoms with E-state index in [9.17, 15) is 33.6 Å². The highest BCUT2D eigenvalue weighted by Crippen LogP contribution is 2.33. The van der Waals surface area contributed by atoms with Crippen molar-refractivity contribution in [1.29, 1.82) is 5.41 Å². The number of hydrogen-bond donors (Lipinski definition) is 8. The first-order valence-corrected chi connectivity index (χ1v) is 24.9. The Bertz CT molecular complexity index is 3030. The van der Waals surface area contributed by atoms with Crippen LogP contribution in [0.3, 0.4) is 0 Å². The second kappa shape index (κ2) is 28.9. The number of allylic oxidation sites excluding steroid dienone is 3. The molecule has 77 heavy (non-hydrogen) atoms. The number of nitrogens with one attached hydrogen (secondary N) is 6. The molecule has 3 aromatic heterocycles. The fraction of sp³-hybridized carbons (Fsp3) is 0.431. The first-order valence-electron chi connectivity index (χ1n) is 24.9. The van der Waals surface area contributed by atoms with Crippen LogP contribution >= 0.6 is 0 Å². The number of likely N-dealkylation sites (N-methyl/N-ethyl adjacent to an activating group) is 1. The number of aromatic nitrogens is 6. The van der Waals surface area contributed by atoms with Gasteiger partial charge in [0.05, 0.1) is 63.5 Å². The molecule has 0 aliphatic carbocycles. The van der Waals surface area contributed by atoms with Gasteiger partial charge in [-0.25, -0.2) is 14.8 Å². The maximum absolute atomic E-state index is 13.9. The fourth-order valence-corrected chi connectivity index (χ4v) is 7.61. The summed E-state index contributed by atoms with van der Waals surface area (Å²) >= 11 is 0. The molecule has 0 fully saturated rings. The molecule has 0 unspecified atom stereocenters. The number of rotatable bonds is 32. The Labute approximate surface area is 444 Å². The third-order valence-electron chi connectivity index (χ3n) is 11.3. The van der Waals surface area contributed by atoms with Crippen molar-refractivity contribution in [3.63, 3.8) is 0 Å². The Hall–Kier alpha value is -8.65. The topological polar surface area (TPSA) is 355 Å². The van der Waals surface area contributed by atoms with Crippen LogP contribution in [0.2, 0.25) is 0 Å². The number of aryl methyl sites for hydroxylation is 2. The van der Waals surface area contributed by atoms with E-state index >= 15 is 0 Å². The zero-order valence-electron chi connectivity index (χ0n) is 44.3. The number of amides is 6. The minimum atomic E-state index is -0.960. The van der Waals surface area contributed by atoms with E-state index < -0.39 is 41.5 Å². The van der Waals surface area contributed by atoms with Gasteiger partial charge in [0.15, 0.2) is 0 Å². The number of nitrogens with two attached hydrogens (primary N) is 2. The minimum absolute atomic E-state index is 0.00101. The van der Waals surface area contributed by atoms with Gasteiger partial charge in [0, 0.05) is 68.8 Å². The van der Waals surface area contributed by atoms with Crippen LogP contribution < -0.4 is 47.5 Å². The molecule has 0 radical (unpaired) electrons. The van der Waals surface area contributed by atoms with Gasteiger partial charge in [-0.2, -0.15) is 5.10 Å². The molecule has 10 N–H and O–H groups in total. The highest BCUT2D eigenvalue weighted by molar-refractivity contribution is 6.08. The monoisotopic (exact) mass is 1070 g/mol. The molecule has 3 heterocycles. The van der Waals surface area contributed by atoms with Crippen LogP contribution in [-0.2, 0) is 53.0 Å². The van der Waals surface area contributed by atoms with E-state index in [0.717, 1.165) is 0 Å². The average molecular weight is 1070 g/mol. The molecule has 0 aliphatic rings. The maximum atomic E-state index is 13.9. The normalized spacial score (nSPS) is 11.9. The number of ether oxygens (including phenoxy) is 5. The number of anilines is 2. The number of esters is 1. The molecule has 26 heteroatoms. The molecule has 6 amide bonds. The number of methoxy groups -OCH3 is 1. The fourth-order valence-electron chi connectivity index (χ4n) is 7.61. The lowest BCUT2D eigenvalue weighted by atomic mass is 10.1. The number of hydrogen-bond acceptors (Lipinski definition) is 17. The predicted octanol–water partition coefficient (Wildman–Crippen LogP) is 2.86. The lowest BCUT2D eigenvalue weighted by molar-refractivity contribution is -0.147. The summed E-state index contributed by atoms with van der Waals surface area (Å²) in [5, 5.41) is 26.3. The Morgan fingerprint density at radius 1 is 0.766 bits per heavy atom. The summed E-state index contributed by atoms with van der Waals surface area (Å²) in [5.74, 6) is -3.18. The molecule has 0 saturated heterocycles. The second-order valence-corrected chi connectivity index (χ2v) is 17.2. The molecule has 2 aromatic carbocycles. The van der Waals surface area contributed by atoms with Crippen LogP contribution in [0.5, 0.6) is 11.5 Å². The van der Waals surface area contributed by atoms with Crippen molar-refractivity contribution in [3.8, 4) is 11.5 Å². The van der Waals surface area contributed by atoms with Crippen molar-refractivity contribution >= 4 is 81.1 Å². The van der Waals surface area contributed by atoms with Crippen LogP contribution in [0.25, 0.3) is 22.1 Å². The van der Waals surface area contributed by atoms with Crippen molar-refractivity contribution < 1.29 is 57.2 Å². The summed E-state index contributed by atoms with van der Waals surface area (Å²) in [6.07, 6.45) is 5.48. The molecule has 414 valence electrons. The van der Waals surface area contributed by atoms with Crippen molar-refractivity contribution in [2.24, 2.45) is 11.5 Å². The van der Waals surface area contributed by atoms with Crippen LogP contribution in [-0.4, -0.2) is 142 Å². The van der Waals surface area contributed by atoms with E-state index in [4.69, 9.17) is 45.5 Å². The van der Waals surface area contributed by atoms with E-state index in [0.29, 0.717) is 54.9 Å². The van der Waals surface area contributed by atoms with Crippen LogP contribution in [0, 0.1) is 12.3 Å². The van der Waals surface area contributed by atoms with Crippen molar-refractivity contribution in [2.75, 3.05) is 70.5 Å². The molecule has 26 nitrogen and oxygen atoms in total. The van der Waals surface area contributed by atoms with E-state index in [1.54, 1.807) is 52.8 Å². The number of carbonyl (C=O) groups excluding carboxylic acids is 7. The highest BCUT2D eigenvalue weighted by Gasteiger charge is 2.24. The largest absolute Gasteiger partial charge is 0.494 e. The Balaban J connectivity index is 1.35. The Morgan fingerprint density at radius 2 is 1.38 bits per heavy atom. The van der Waals surface area contributed by atoms with E-state index in [2.05, 4.69) is 36.7 Å². The smallest absolute Gasteiger partial charge is 0.328 e. The number of nitrogens with zero attached hydrogens (tertiary/aromatic N) is 6. The van der Waals surface area contributed by atoms with Gasteiger partial charge in [-0.3, -0.25) is 44.1 Å². The summed E-state index contributed by atoms with van der Waals surface area (Å²) in [7, 11) is 1.42. The van der Waals surface area contributed by atoms with Gasteiger partial charge in [-0.1, -0.05) is 19.1 Å². The van der Waals surface area contributed by atoms with E-state index in [1.807, 2.05) is 6.92 Å². The maximum Gasteiger partial charge on any atom is 0.328 e. The van der Waals surface area contributed by atoms with E-state index in [-0.39, 0.29) is 122 Å². The highest BCUT2D eigenvalue weighted by atomic mass is 16.5. The zero-order valence-corrected chi connectivity index (χ0v) is 44.3. The minimum Gasteiger partial charge on any atom is -0.494 e. The van der Waals surface area contributed by atoms with Crippen molar-refractivity contribution in [1.82, 2.24) is 44.8 Å². The SMILES string of the molecule is CCN/C(=C\C(C)=N)C(=O)Nc1nc2cc(C(N)=O)cc(OC)c2n1C/C=C/Cn1c(NC(=O)c2cc(C)nn2CC)nc2cc(C(N)=O)cc(OCCCOC(=O)[C@H](C)NC(=O)CCOCCOCCNC(=O)CC)c21. The molecular formula is C51H68N14O12. The second-order valence-electron chi connectivity index (χ2n) is 17.2. The van der Waals surface area contributed by atoms with Gasteiger partial charge in [0.2, 0.25) is 35.5 Å². The number of carbonyl (C=O) groups is 7. The van der Waals surface area contributed by atoms with Gasteiger partial charge in [0.25, 0.3) is 11.8 Å². The molecule has 0 saturated carbocycles. The third kappa shape index (κ3) is 16.7. The van der Waals surface area contributed by atoms with E-state index in [1.165, 1.54) is 51.3 Å². The van der Waals surface area contributed by atoms with Gasteiger partial charge >= 0.3 is 5.97 Å². The Morgan fingerprint density at radius 3 is 1.96 bits per heavy atom. The predicted molar refractivity (Wildman–Crippen MR) is 285 cm³/mol. The van der Waals surface area contributed by atoms with Crippen molar-refractivity contribution in [2.45, 2.75) is 86.5 Å². The summed E-state index contributed by atoms with van der Waals surface area (Å²) in [6.45, 7) is 12.3. The molecule has 5 rings (SSSR count). The first kappa shape index (κ1) is 59.2. The molecule has 0 aliphatic heterocycles. The standard InChI is InChI=1S/C51H68N14O12/c1-8-41(66)56-15-21-75-23-22-74-20-14-42(67)57-32(6)49(72)77-19-13-18-76-40-29-34(46(54)69)27-36-44(40)64(51(59-36)61-48(71)38-25-31(5)62-65(38)10-3)17-12-11-16-63-43-35(26-33(45(53)68)28-39(43)73-7)58-50(63)60-47(70)37(55-9-2)24-30(4)52/h11-12,24-29,32,52,55H,8-10,13-23H2,1-7H3,(H2,53,68)(H2,54,69)(H,56,66)(H,57,67)(H,58,60,70)(H,59,61,71)/b12-11+,37-24-,52-30?/t32-/m0/s1. The molecular weight excluding hydrogens is 1000 g/mol. The zero-order chi connectivity index (χ0) is 56.2. The molecule has 0 spiro atoms. The number of primary amides is 2. The lowest BCUT2D eigenvalue weighted by Crippen LogP contribution is -2.40. The quantitative estimate of drug-likeness (QED) is 0.0101. The van der Waals surface area contributed by atoms with Crippen molar-refractivity contribution in [3.05, 3.63) is 76.8 Å². The van der Waals surface area contributed by atoms with Crippen LogP contribution in [0.4, 0.5) is 11.9 Å². The number of fused-ring (bicyclic) bond motifs is 2. The summed E-state index contributed by atoms with van der Waals surface area (Å²) in [5.41, 5.74) is 14.1. The van der Waals surface area contributed by atoms with Crippen LogP contribution in [0.1, 0.15) is 90.8 Å². The summed E-state index contributed by atoms with van der Waals surface area (Å²) < 4.78 is 33.0. The lowest BCUT2D eigenvalue weighted by Gasteiger charge is -2.15. The third-order valence-corrected chi connectivity index (χ3v) is 11.3. The number of benzene rings is 2. The van der Waals surface area contributed by atoms with Gasteiger partial charge in [-0.15, -0.1) is 0 Å². The summed E-state index contributed by atoms with van der Waals surface area (Å²) in [6, 6.07) is 6.53. The van der Waals surface area contributed by atoms with Gasteiger partial charge in [0.1, 0.15) is 40.0 Å². The first-order chi connectivity index (χ1) is 36.9. The van der Waals surface area contributed by atoms with Gasteiger partial charge < -0.3 is 65.6 Å². The Kier molecular flexibility index (Phi) is 22.2. The summed E-state index contributed by atoms with van der Waals surface area (Å²) in [4.78, 5) is 98.4.